The molecule has 1 unspecified atom stereocenters. The normalized spacial score (nSPS) is 12.7. The molecule has 0 bridgehead atoms. The maximum atomic E-state index is 11.0. The molecule has 1 rings (SSSR count). The zero-order valence-electron chi connectivity index (χ0n) is 12.4. The van der Waals surface area contributed by atoms with Gasteiger partial charge in [-0.05, 0) is 50.0 Å². The van der Waals surface area contributed by atoms with E-state index in [2.05, 4.69) is 50.8 Å². The second-order valence-corrected chi connectivity index (χ2v) is 5.10. The number of hydrogen-bond acceptors (Lipinski definition) is 2. The standard InChI is InChI=1S/C16H25NO2/c1-5-17(6-2)15(11-16(18)19)10-14-8-7-12(3)13(4)9-14/h7-9,15H,5-6,10-11H2,1-4H3,(H,18,19). The van der Waals surface area contributed by atoms with Gasteiger partial charge in [0.1, 0.15) is 0 Å². The Morgan fingerprint density at radius 2 is 1.84 bits per heavy atom. The molecule has 19 heavy (non-hydrogen) atoms. The van der Waals surface area contributed by atoms with E-state index in [4.69, 9.17) is 5.11 Å². The number of carboxylic acids is 1. The van der Waals surface area contributed by atoms with Crippen molar-refractivity contribution in [2.45, 2.75) is 46.6 Å². The van der Waals surface area contributed by atoms with Crippen LogP contribution in [0.25, 0.3) is 0 Å². The lowest BCUT2D eigenvalue weighted by Crippen LogP contribution is -2.38. The molecule has 0 spiro atoms. The van der Waals surface area contributed by atoms with Gasteiger partial charge in [-0.3, -0.25) is 4.79 Å². The van der Waals surface area contributed by atoms with Crippen LogP contribution in [0, 0.1) is 13.8 Å². The van der Waals surface area contributed by atoms with Gasteiger partial charge in [-0.1, -0.05) is 32.0 Å². The fourth-order valence-corrected chi connectivity index (χ4v) is 2.47. The maximum Gasteiger partial charge on any atom is 0.304 e. The molecular weight excluding hydrogens is 238 g/mol. The third-order valence-electron chi connectivity index (χ3n) is 3.78. The van der Waals surface area contributed by atoms with Crippen LogP contribution < -0.4 is 0 Å². The highest BCUT2D eigenvalue weighted by Gasteiger charge is 2.19. The number of aliphatic carboxylic acids is 1. The van der Waals surface area contributed by atoms with Crippen molar-refractivity contribution < 1.29 is 9.90 Å². The smallest absolute Gasteiger partial charge is 0.304 e. The molecule has 106 valence electrons. The van der Waals surface area contributed by atoms with Crippen molar-refractivity contribution in [3.63, 3.8) is 0 Å². The van der Waals surface area contributed by atoms with Crippen LogP contribution in [0.3, 0.4) is 0 Å². The predicted molar refractivity (Wildman–Crippen MR) is 78.6 cm³/mol. The van der Waals surface area contributed by atoms with Crippen molar-refractivity contribution in [3.05, 3.63) is 34.9 Å². The zero-order valence-corrected chi connectivity index (χ0v) is 12.4. The number of carbonyl (C=O) groups is 1. The maximum absolute atomic E-state index is 11.0. The highest BCUT2D eigenvalue weighted by molar-refractivity contribution is 5.67. The van der Waals surface area contributed by atoms with Gasteiger partial charge < -0.3 is 10.0 Å². The number of benzene rings is 1. The van der Waals surface area contributed by atoms with E-state index in [1.165, 1.54) is 16.7 Å². The summed E-state index contributed by atoms with van der Waals surface area (Å²) < 4.78 is 0. The van der Waals surface area contributed by atoms with E-state index in [9.17, 15) is 4.79 Å². The summed E-state index contributed by atoms with van der Waals surface area (Å²) >= 11 is 0. The quantitative estimate of drug-likeness (QED) is 0.822. The van der Waals surface area contributed by atoms with E-state index >= 15 is 0 Å². The number of aryl methyl sites for hydroxylation is 2. The van der Waals surface area contributed by atoms with Gasteiger partial charge >= 0.3 is 5.97 Å². The molecule has 0 radical (unpaired) electrons. The van der Waals surface area contributed by atoms with Crippen molar-refractivity contribution in [1.29, 1.82) is 0 Å². The highest BCUT2D eigenvalue weighted by Crippen LogP contribution is 2.16. The molecule has 0 amide bonds. The molecule has 1 aromatic rings. The summed E-state index contributed by atoms with van der Waals surface area (Å²) in [4.78, 5) is 13.3. The molecular formula is C16H25NO2. The second-order valence-electron chi connectivity index (χ2n) is 5.10. The van der Waals surface area contributed by atoms with Gasteiger partial charge in [0.15, 0.2) is 0 Å². The summed E-state index contributed by atoms with van der Waals surface area (Å²) in [5.74, 6) is -0.722. The molecule has 3 nitrogen and oxygen atoms in total. The Bertz CT molecular complexity index is 425. The number of likely N-dealkylation sites (N-methyl/N-ethyl adjacent to an activating group) is 1. The summed E-state index contributed by atoms with van der Waals surface area (Å²) in [5, 5.41) is 9.07. The molecule has 1 aromatic carbocycles. The van der Waals surface area contributed by atoms with Gasteiger partial charge in [0.05, 0.1) is 6.42 Å². The Morgan fingerprint density at radius 1 is 1.21 bits per heavy atom. The molecule has 0 saturated carbocycles. The fourth-order valence-electron chi connectivity index (χ4n) is 2.47. The average molecular weight is 263 g/mol. The Balaban J connectivity index is 2.86. The summed E-state index contributed by atoms with van der Waals surface area (Å²) in [6, 6.07) is 6.48. The first kappa shape index (κ1) is 15.7. The SMILES string of the molecule is CCN(CC)C(CC(=O)O)Cc1ccc(C)c(C)c1. The molecule has 1 atom stereocenters. The van der Waals surface area contributed by atoms with Gasteiger partial charge in [0.2, 0.25) is 0 Å². The molecule has 0 fully saturated rings. The van der Waals surface area contributed by atoms with Gasteiger partial charge in [0, 0.05) is 6.04 Å². The van der Waals surface area contributed by atoms with Crippen LogP contribution >= 0.6 is 0 Å². The lowest BCUT2D eigenvalue weighted by Gasteiger charge is -2.28. The molecule has 0 aliphatic heterocycles. The number of hydrogen-bond donors (Lipinski definition) is 1. The van der Waals surface area contributed by atoms with E-state index < -0.39 is 5.97 Å². The number of nitrogens with zero attached hydrogens (tertiary/aromatic N) is 1. The van der Waals surface area contributed by atoms with E-state index in [-0.39, 0.29) is 12.5 Å². The summed E-state index contributed by atoms with van der Waals surface area (Å²) in [5.41, 5.74) is 3.77. The van der Waals surface area contributed by atoms with E-state index in [1.807, 2.05) is 0 Å². The molecule has 0 aliphatic rings. The number of carboxylic acid groups (broad SMARTS) is 1. The molecule has 0 heterocycles. The lowest BCUT2D eigenvalue weighted by atomic mass is 9.98. The van der Waals surface area contributed by atoms with Crippen LogP contribution in [0.4, 0.5) is 0 Å². The van der Waals surface area contributed by atoms with E-state index in [1.54, 1.807) is 0 Å². The first-order chi connectivity index (χ1) is 8.97. The number of rotatable bonds is 7. The zero-order chi connectivity index (χ0) is 14.4. The summed E-state index contributed by atoms with van der Waals surface area (Å²) in [7, 11) is 0. The highest BCUT2D eigenvalue weighted by atomic mass is 16.4. The first-order valence-corrected chi connectivity index (χ1v) is 6.99. The molecule has 0 aliphatic carbocycles. The van der Waals surface area contributed by atoms with Gasteiger partial charge in [-0.15, -0.1) is 0 Å². The monoisotopic (exact) mass is 263 g/mol. The summed E-state index contributed by atoms with van der Waals surface area (Å²) in [6.07, 6.45) is 1.00. The minimum Gasteiger partial charge on any atom is -0.481 e. The van der Waals surface area contributed by atoms with Crippen LogP contribution in [-0.2, 0) is 11.2 Å². The Hall–Kier alpha value is -1.35. The Labute approximate surface area is 116 Å². The minimum absolute atomic E-state index is 0.0783. The topological polar surface area (TPSA) is 40.5 Å². The van der Waals surface area contributed by atoms with Gasteiger partial charge in [0.25, 0.3) is 0 Å². The van der Waals surface area contributed by atoms with Crippen molar-refractivity contribution in [2.24, 2.45) is 0 Å². The van der Waals surface area contributed by atoms with Gasteiger partial charge in [-0.2, -0.15) is 0 Å². The minimum atomic E-state index is -0.722. The lowest BCUT2D eigenvalue weighted by molar-refractivity contribution is -0.138. The summed E-state index contributed by atoms with van der Waals surface area (Å²) in [6.45, 7) is 10.1. The largest absolute Gasteiger partial charge is 0.481 e. The van der Waals surface area contributed by atoms with Gasteiger partial charge in [-0.25, -0.2) is 0 Å². The van der Waals surface area contributed by atoms with Crippen molar-refractivity contribution in [1.82, 2.24) is 4.90 Å². The predicted octanol–water partition coefficient (Wildman–Crippen LogP) is 3.03. The van der Waals surface area contributed by atoms with Crippen LogP contribution in [0.2, 0.25) is 0 Å². The van der Waals surface area contributed by atoms with Crippen molar-refractivity contribution in [2.75, 3.05) is 13.1 Å². The average Bonchev–Trinajstić information content (AvgIpc) is 2.34. The first-order valence-electron chi connectivity index (χ1n) is 6.99. The third kappa shape index (κ3) is 4.67. The molecule has 1 N–H and O–H groups in total. The second kappa shape index (κ2) is 7.29. The van der Waals surface area contributed by atoms with E-state index in [0.29, 0.717) is 0 Å². The molecule has 0 aromatic heterocycles. The van der Waals surface area contributed by atoms with E-state index in [0.717, 1.165) is 19.5 Å². The van der Waals surface area contributed by atoms with Crippen LogP contribution in [0.5, 0.6) is 0 Å². The Kier molecular flexibility index (Phi) is 6.03. The molecule has 0 saturated heterocycles. The van der Waals surface area contributed by atoms with Crippen molar-refractivity contribution in [3.8, 4) is 0 Å². The van der Waals surface area contributed by atoms with Crippen LogP contribution in [0.15, 0.2) is 18.2 Å². The Morgan fingerprint density at radius 3 is 2.32 bits per heavy atom. The van der Waals surface area contributed by atoms with Crippen LogP contribution in [0.1, 0.15) is 37.0 Å². The van der Waals surface area contributed by atoms with Crippen molar-refractivity contribution >= 4 is 5.97 Å². The third-order valence-corrected chi connectivity index (χ3v) is 3.78. The van der Waals surface area contributed by atoms with Crippen LogP contribution in [-0.4, -0.2) is 35.1 Å². The fraction of sp³-hybridized carbons (Fsp3) is 0.562. The molecule has 3 heteroatoms.